The van der Waals surface area contributed by atoms with Gasteiger partial charge >= 0.3 is 12.1 Å². The average molecular weight is 514 g/mol. The maximum absolute atomic E-state index is 13.7. The third-order valence-electron chi connectivity index (χ3n) is 7.81. The smallest absolute Gasteiger partial charge is 0.381 e. The Hall–Kier alpha value is -2.88. The van der Waals surface area contributed by atoms with E-state index in [2.05, 4.69) is 10.6 Å². The molecule has 4 amide bonds. The number of nitrogens with zero attached hydrogens (tertiary/aromatic N) is 2. The van der Waals surface area contributed by atoms with Gasteiger partial charge in [-0.15, -0.1) is 0 Å². The summed E-state index contributed by atoms with van der Waals surface area (Å²) in [6, 6.07) is -1.66. The zero-order chi connectivity index (χ0) is 26.0. The zero-order valence-electron chi connectivity index (χ0n) is 19.7. The third-order valence-corrected chi connectivity index (χ3v) is 7.81. The van der Waals surface area contributed by atoms with Crippen LogP contribution in [0.15, 0.2) is 0 Å². The first-order valence-electron chi connectivity index (χ1n) is 12.4. The van der Waals surface area contributed by atoms with Gasteiger partial charge in [0, 0.05) is 31.7 Å². The van der Waals surface area contributed by atoms with Crippen LogP contribution in [-0.4, -0.2) is 78.6 Å². The minimum atomic E-state index is -5.16. The average Bonchev–Trinajstić information content (AvgIpc) is 3.58. The molecule has 2 bridgehead atoms. The Morgan fingerprint density at radius 3 is 2.47 bits per heavy atom. The van der Waals surface area contributed by atoms with E-state index in [0.717, 1.165) is 0 Å². The van der Waals surface area contributed by atoms with E-state index < -0.39 is 53.9 Å². The van der Waals surface area contributed by atoms with Gasteiger partial charge in [0.25, 0.3) is 0 Å². The third kappa shape index (κ3) is 5.43. The van der Waals surface area contributed by atoms with Crippen molar-refractivity contribution in [1.82, 2.24) is 20.9 Å². The van der Waals surface area contributed by atoms with Crippen molar-refractivity contribution in [2.24, 2.45) is 17.8 Å². The van der Waals surface area contributed by atoms with Crippen LogP contribution in [0.25, 0.3) is 0 Å². The molecule has 198 valence electrons. The summed E-state index contributed by atoms with van der Waals surface area (Å²) in [6.07, 6.45) is -2.06. The number of nitrogens with one attached hydrogen (secondary N) is 3. The van der Waals surface area contributed by atoms with Crippen LogP contribution < -0.4 is 16.0 Å². The molecule has 10 nitrogen and oxygen atoms in total. The quantitative estimate of drug-likeness (QED) is 0.450. The van der Waals surface area contributed by atoms with Gasteiger partial charge in [-0.1, -0.05) is 0 Å². The molecule has 0 aromatic rings. The Kier molecular flexibility index (Phi) is 7.73. The molecule has 4 aliphatic rings. The number of carbonyl (C=O) groups is 4. The van der Waals surface area contributed by atoms with E-state index in [0.29, 0.717) is 45.1 Å². The molecule has 3 heterocycles. The molecule has 36 heavy (non-hydrogen) atoms. The number of halogens is 3. The number of nitriles is 1. The lowest BCUT2D eigenvalue weighted by Gasteiger charge is -2.39. The van der Waals surface area contributed by atoms with E-state index in [1.807, 2.05) is 11.4 Å². The first kappa shape index (κ1) is 26.2. The fraction of sp³-hybridized carbons (Fsp3) is 0.783. The lowest BCUT2D eigenvalue weighted by molar-refractivity contribution is -0.176. The molecule has 1 aliphatic carbocycles. The minimum absolute atomic E-state index is 0.134. The molecule has 13 heteroatoms. The summed E-state index contributed by atoms with van der Waals surface area (Å²) in [5, 5.41) is 16.8. The van der Waals surface area contributed by atoms with Crippen LogP contribution in [0.1, 0.15) is 44.9 Å². The maximum Gasteiger partial charge on any atom is 0.471 e. The van der Waals surface area contributed by atoms with Gasteiger partial charge in [-0.05, 0) is 56.8 Å². The molecule has 4 fully saturated rings. The lowest BCUT2D eigenvalue weighted by Crippen LogP contribution is -2.61. The molecule has 0 aromatic heterocycles. The summed E-state index contributed by atoms with van der Waals surface area (Å²) in [7, 11) is 0. The van der Waals surface area contributed by atoms with Crippen molar-refractivity contribution in [2.75, 3.05) is 19.8 Å². The van der Waals surface area contributed by atoms with Gasteiger partial charge in [-0.25, -0.2) is 0 Å². The summed E-state index contributed by atoms with van der Waals surface area (Å²) in [5.74, 6) is -4.81. The second-order valence-corrected chi connectivity index (χ2v) is 10.0. The van der Waals surface area contributed by atoms with Crippen LogP contribution in [0.3, 0.4) is 0 Å². The first-order chi connectivity index (χ1) is 17.1. The normalized spacial score (nSPS) is 29.8. The topological polar surface area (TPSA) is 141 Å². The lowest BCUT2D eigenvalue weighted by atomic mass is 9.89. The second-order valence-electron chi connectivity index (χ2n) is 10.0. The van der Waals surface area contributed by atoms with Crippen molar-refractivity contribution in [3.63, 3.8) is 0 Å². The van der Waals surface area contributed by atoms with E-state index in [4.69, 9.17) is 4.74 Å². The summed E-state index contributed by atoms with van der Waals surface area (Å²) < 4.78 is 44.5. The monoisotopic (exact) mass is 513 g/mol. The van der Waals surface area contributed by atoms with E-state index >= 15 is 0 Å². The summed E-state index contributed by atoms with van der Waals surface area (Å²) >= 11 is 0. The van der Waals surface area contributed by atoms with Gasteiger partial charge < -0.3 is 25.6 Å². The second kappa shape index (κ2) is 10.6. The van der Waals surface area contributed by atoms with Crippen LogP contribution in [0.2, 0.25) is 0 Å². The van der Waals surface area contributed by atoms with Crippen LogP contribution in [0, 0.1) is 29.1 Å². The van der Waals surface area contributed by atoms with Gasteiger partial charge in [0.1, 0.15) is 18.1 Å². The number of carbonyl (C=O) groups excluding carboxylic acids is 4. The predicted octanol–water partition coefficient (Wildman–Crippen LogP) is 0.374. The molecule has 4 rings (SSSR count). The first-order valence-corrected chi connectivity index (χ1v) is 12.4. The number of hydrogen-bond acceptors (Lipinski definition) is 6. The van der Waals surface area contributed by atoms with Crippen LogP contribution >= 0.6 is 0 Å². The van der Waals surface area contributed by atoms with Gasteiger partial charge in [-0.3, -0.25) is 19.2 Å². The van der Waals surface area contributed by atoms with Gasteiger partial charge in [0.2, 0.25) is 17.7 Å². The van der Waals surface area contributed by atoms with E-state index in [-0.39, 0.29) is 37.5 Å². The largest absolute Gasteiger partial charge is 0.471 e. The van der Waals surface area contributed by atoms with Gasteiger partial charge in [0.15, 0.2) is 0 Å². The number of fused-ring (bicyclic) bond motifs is 2. The molecular formula is C23H30F3N5O5. The molecular weight excluding hydrogens is 483 g/mol. The number of ether oxygens (including phenoxy) is 1. The fourth-order valence-electron chi connectivity index (χ4n) is 6.01. The number of amides is 4. The SMILES string of the molecule is N#C[C@H](C[C@@H]1CCNC1=O)NC(=O)[C@@H]1[C@H]2CC[C@H](C2)N1C(=O)[C@@H](NC(=O)C(F)(F)F)C1CCOCC1. The number of alkyl halides is 3. The highest BCUT2D eigenvalue weighted by atomic mass is 19.4. The molecule has 0 unspecified atom stereocenters. The van der Waals surface area contributed by atoms with Crippen molar-refractivity contribution in [2.45, 2.75) is 75.3 Å². The summed E-state index contributed by atoms with van der Waals surface area (Å²) in [6.45, 7) is 1.01. The predicted molar refractivity (Wildman–Crippen MR) is 117 cm³/mol. The molecule has 3 N–H and O–H groups in total. The number of rotatable bonds is 7. The molecule has 3 saturated heterocycles. The van der Waals surface area contributed by atoms with E-state index in [1.165, 1.54) is 4.90 Å². The molecule has 6 atom stereocenters. The Balaban J connectivity index is 1.51. The number of likely N-dealkylation sites (tertiary alicyclic amines) is 1. The zero-order valence-corrected chi connectivity index (χ0v) is 19.7. The van der Waals surface area contributed by atoms with Crippen LogP contribution in [-0.2, 0) is 23.9 Å². The van der Waals surface area contributed by atoms with Crippen LogP contribution in [0.4, 0.5) is 13.2 Å². The molecule has 3 aliphatic heterocycles. The van der Waals surface area contributed by atoms with Crippen molar-refractivity contribution in [3.05, 3.63) is 0 Å². The van der Waals surface area contributed by atoms with Crippen molar-refractivity contribution >= 4 is 23.6 Å². The standard InChI is InChI=1S/C23H30F3N5O5/c24-23(25,26)22(35)30-17(12-4-7-36-8-5-12)21(34)31-16-2-1-13(10-16)18(31)20(33)29-15(11-27)9-14-3-6-28-19(14)32/h12-18H,1-10H2,(H,28,32)(H,29,33)(H,30,35)/t13-,14-,15-,16+,17-,18-/m0/s1. The Morgan fingerprint density at radius 2 is 1.86 bits per heavy atom. The molecule has 0 spiro atoms. The van der Waals surface area contributed by atoms with Crippen molar-refractivity contribution < 1.29 is 37.1 Å². The number of hydrogen-bond donors (Lipinski definition) is 3. The molecule has 0 radical (unpaired) electrons. The van der Waals surface area contributed by atoms with Gasteiger partial charge in [0.05, 0.1) is 6.07 Å². The van der Waals surface area contributed by atoms with Crippen molar-refractivity contribution in [3.8, 4) is 6.07 Å². The highest BCUT2D eigenvalue weighted by Crippen LogP contribution is 2.43. The highest BCUT2D eigenvalue weighted by molar-refractivity contribution is 5.94. The molecule has 1 saturated carbocycles. The van der Waals surface area contributed by atoms with Gasteiger partial charge in [-0.2, -0.15) is 18.4 Å². The van der Waals surface area contributed by atoms with Crippen molar-refractivity contribution in [1.29, 1.82) is 5.26 Å². The summed E-state index contributed by atoms with van der Waals surface area (Å²) in [4.78, 5) is 52.0. The summed E-state index contributed by atoms with van der Waals surface area (Å²) in [5.41, 5.74) is 0. The minimum Gasteiger partial charge on any atom is -0.381 e. The highest BCUT2D eigenvalue weighted by Gasteiger charge is 2.54. The fourth-order valence-corrected chi connectivity index (χ4v) is 6.01. The van der Waals surface area contributed by atoms with E-state index in [9.17, 15) is 37.6 Å². The van der Waals surface area contributed by atoms with Crippen LogP contribution in [0.5, 0.6) is 0 Å². The molecule has 0 aromatic carbocycles. The Labute approximate surface area is 206 Å². The Bertz CT molecular complexity index is 932. The van der Waals surface area contributed by atoms with E-state index in [1.54, 1.807) is 0 Å². The maximum atomic E-state index is 13.7. The number of piperidine rings is 1. The Morgan fingerprint density at radius 1 is 1.14 bits per heavy atom.